The van der Waals surface area contributed by atoms with E-state index in [0.717, 1.165) is 36.0 Å². The number of carbonyl (C=O) groups is 1. The maximum atomic E-state index is 12.6. The van der Waals surface area contributed by atoms with Crippen LogP contribution in [0.1, 0.15) is 120 Å². The molecule has 0 N–H and O–H groups in total. The van der Waals surface area contributed by atoms with Crippen LogP contribution in [0.4, 0.5) is 0 Å². The number of carbonyl (C=O) groups excluding carboxylic acids is 1. The van der Waals surface area contributed by atoms with Gasteiger partial charge in [0.2, 0.25) is 0 Å². The smallest absolute Gasteiger partial charge is 0.185 e. The van der Waals surface area contributed by atoms with Crippen LogP contribution in [-0.2, 0) is 0 Å². The lowest BCUT2D eigenvalue weighted by Gasteiger charge is -2.07. The molecule has 0 spiro atoms. The summed E-state index contributed by atoms with van der Waals surface area (Å²) in [6, 6.07) is 16.0. The monoisotopic (exact) mass is 522 g/mol. The van der Waals surface area contributed by atoms with Gasteiger partial charge in [0.05, 0.1) is 6.61 Å². The van der Waals surface area contributed by atoms with Crippen LogP contribution in [0.25, 0.3) is 6.08 Å². The topological polar surface area (TPSA) is 26.3 Å². The van der Waals surface area contributed by atoms with Crippen LogP contribution in [0.15, 0.2) is 59.5 Å². The number of rotatable bonds is 21. The zero-order chi connectivity index (χ0) is 26.6. The van der Waals surface area contributed by atoms with Gasteiger partial charge in [0, 0.05) is 10.5 Å². The van der Waals surface area contributed by atoms with Crippen molar-refractivity contribution in [2.45, 2.75) is 109 Å². The largest absolute Gasteiger partial charge is 0.494 e. The summed E-state index contributed by atoms with van der Waals surface area (Å²) in [4.78, 5) is 13.9. The Kier molecular flexibility index (Phi) is 16.9. The van der Waals surface area contributed by atoms with Crippen molar-refractivity contribution in [3.8, 4) is 5.75 Å². The molecule has 37 heavy (non-hydrogen) atoms. The molecular formula is C34H50O2S. The number of hydrogen-bond acceptors (Lipinski definition) is 3. The lowest BCUT2D eigenvalue weighted by Crippen LogP contribution is -1.99. The van der Waals surface area contributed by atoms with Gasteiger partial charge in [-0.1, -0.05) is 110 Å². The summed E-state index contributed by atoms with van der Waals surface area (Å²) in [7, 11) is 0. The third kappa shape index (κ3) is 15.1. The third-order valence-corrected chi connectivity index (χ3v) is 7.76. The van der Waals surface area contributed by atoms with Crippen molar-refractivity contribution >= 4 is 23.6 Å². The van der Waals surface area contributed by atoms with Gasteiger partial charge in [-0.15, -0.1) is 11.8 Å². The Bertz CT molecular complexity index is 868. The first-order valence-electron chi connectivity index (χ1n) is 14.8. The highest BCUT2D eigenvalue weighted by atomic mass is 32.2. The predicted octanol–water partition coefficient (Wildman–Crippen LogP) is 10.8. The number of allylic oxidation sites excluding steroid dienone is 1. The number of hydrogen-bond donors (Lipinski definition) is 0. The van der Waals surface area contributed by atoms with Gasteiger partial charge in [0.25, 0.3) is 0 Å². The number of benzene rings is 2. The Balaban J connectivity index is 1.59. The Labute approximate surface area is 231 Å². The maximum Gasteiger partial charge on any atom is 0.185 e. The van der Waals surface area contributed by atoms with Crippen molar-refractivity contribution < 1.29 is 9.53 Å². The van der Waals surface area contributed by atoms with Gasteiger partial charge in [0.1, 0.15) is 5.75 Å². The molecule has 204 valence electrons. The molecule has 2 aromatic carbocycles. The molecule has 0 aliphatic rings. The average molecular weight is 523 g/mol. The van der Waals surface area contributed by atoms with E-state index in [1.54, 1.807) is 6.08 Å². The zero-order valence-electron chi connectivity index (χ0n) is 23.7. The molecule has 0 radical (unpaired) electrons. The molecule has 0 saturated heterocycles. The Morgan fingerprint density at radius 3 is 1.97 bits per heavy atom. The van der Waals surface area contributed by atoms with Gasteiger partial charge < -0.3 is 4.74 Å². The molecule has 0 heterocycles. The van der Waals surface area contributed by atoms with Crippen LogP contribution in [0.2, 0.25) is 0 Å². The molecule has 2 aromatic rings. The molecule has 3 heteroatoms. The molecule has 2 rings (SSSR count). The molecule has 0 saturated carbocycles. The van der Waals surface area contributed by atoms with Crippen molar-refractivity contribution in [1.29, 1.82) is 0 Å². The standard InChI is InChI=1S/C34H50O2S/c1-4-5-6-7-8-9-10-11-12-13-14-27-36-32-22-20-31(21-23-32)34(35)26-19-30-17-24-33(25-18-30)37-28-15-16-29(2)3/h17-26,29H,4-16,27-28H2,1-3H3. The SMILES string of the molecule is CCCCCCCCCCCCCOc1ccc(C(=O)C=Cc2ccc(SCCCC(C)C)cc2)cc1. The first kappa shape index (κ1) is 31.2. The van der Waals surface area contributed by atoms with Gasteiger partial charge in [-0.25, -0.2) is 0 Å². The molecule has 0 bridgehead atoms. The minimum absolute atomic E-state index is 0.0176. The van der Waals surface area contributed by atoms with Crippen LogP contribution < -0.4 is 4.74 Å². The fraction of sp³-hybridized carbons (Fsp3) is 0.559. The number of ketones is 1. The van der Waals surface area contributed by atoms with E-state index in [4.69, 9.17) is 4.74 Å². The molecule has 0 aliphatic heterocycles. The molecular weight excluding hydrogens is 472 g/mol. The van der Waals surface area contributed by atoms with Crippen LogP contribution in [0.5, 0.6) is 5.75 Å². The van der Waals surface area contributed by atoms with E-state index in [9.17, 15) is 4.79 Å². The van der Waals surface area contributed by atoms with E-state index >= 15 is 0 Å². The minimum atomic E-state index is 0.0176. The fourth-order valence-corrected chi connectivity index (χ4v) is 5.17. The van der Waals surface area contributed by atoms with Gasteiger partial charge in [0.15, 0.2) is 5.78 Å². The van der Waals surface area contributed by atoms with Crippen molar-refractivity contribution in [1.82, 2.24) is 0 Å². The zero-order valence-corrected chi connectivity index (χ0v) is 24.5. The van der Waals surface area contributed by atoms with E-state index in [1.165, 1.54) is 81.9 Å². The average Bonchev–Trinajstić information content (AvgIpc) is 2.91. The predicted molar refractivity (Wildman–Crippen MR) is 163 cm³/mol. The Hall–Kier alpha value is -2.00. The summed E-state index contributed by atoms with van der Waals surface area (Å²) in [6.45, 7) is 7.57. The summed E-state index contributed by atoms with van der Waals surface area (Å²) >= 11 is 1.91. The number of unbranched alkanes of at least 4 members (excludes halogenated alkanes) is 10. The minimum Gasteiger partial charge on any atom is -0.494 e. The van der Waals surface area contributed by atoms with E-state index in [2.05, 4.69) is 45.0 Å². The summed E-state index contributed by atoms with van der Waals surface area (Å²) in [5.41, 5.74) is 1.74. The fourth-order valence-electron chi connectivity index (χ4n) is 4.30. The molecule has 0 aromatic heterocycles. The summed E-state index contributed by atoms with van der Waals surface area (Å²) in [6.07, 6.45) is 20.8. The molecule has 0 unspecified atom stereocenters. The highest BCUT2D eigenvalue weighted by Gasteiger charge is 2.03. The summed E-state index contributed by atoms with van der Waals surface area (Å²) in [5.74, 6) is 2.79. The third-order valence-electron chi connectivity index (χ3n) is 6.66. The van der Waals surface area contributed by atoms with E-state index in [1.807, 2.05) is 42.1 Å². The normalized spacial score (nSPS) is 11.5. The van der Waals surface area contributed by atoms with Crippen LogP contribution >= 0.6 is 11.8 Å². The second kappa shape index (κ2) is 20.0. The van der Waals surface area contributed by atoms with Crippen molar-refractivity contribution in [3.05, 3.63) is 65.7 Å². The lowest BCUT2D eigenvalue weighted by molar-refractivity contribution is 0.104. The Morgan fingerprint density at radius 1 is 0.784 bits per heavy atom. The van der Waals surface area contributed by atoms with Gasteiger partial charge in [-0.05, 0) is 72.6 Å². The van der Waals surface area contributed by atoms with Gasteiger partial charge in [-0.2, -0.15) is 0 Å². The number of ether oxygens (including phenoxy) is 1. The van der Waals surface area contributed by atoms with Crippen molar-refractivity contribution in [3.63, 3.8) is 0 Å². The van der Waals surface area contributed by atoms with Crippen LogP contribution in [0.3, 0.4) is 0 Å². The quantitative estimate of drug-likeness (QED) is 0.0705. The van der Waals surface area contributed by atoms with E-state index in [0.29, 0.717) is 5.56 Å². The first-order valence-corrected chi connectivity index (χ1v) is 15.7. The summed E-state index contributed by atoms with van der Waals surface area (Å²) < 4.78 is 5.88. The molecule has 0 aliphatic carbocycles. The first-order chi connectivity index (χ1) is 18.1. The van der Waals surface area contributed by atoms with E-state index in [-0.39, 0.29) is 5.78 Å². The molecule has 0 atom stereocenters. The second-order valence-electron chi connectivity index (χ2n) is 10.6. The highest BCUT2D eigenvalue weighted by molar-refractivity contribution is 7.99. The van der Waals surface area contributed by atoms with Crippen LogP contribution in [-0.4, -0.2) is 18.1 Å². The van der Waals surface area contributed by atoms with Gasteiger partial charge in [-0.3, -0.25) is 4.79 Å². The van der Waals surface area contributed by atoms with Crippen molar-refractivity contribution in [2.24, 2.45) is 5.92 Å². The van der Waals surface area contributed by atoms with Crippen molar-refractivity contribution in [2.75, 3.05) is 12.4 Å². The highest BCUT2D eigenvalue weighted by Crippen LogP contribution is 2.21. The Morgan fingerprint density at radius 2 is 1.38 bits per heavy atom. The summed E-state index contributed by atoms with van der Waals surface area (Å²) in [5, 5.41) is 0. The van der Waals surface area contributed by atoms with Gasteiger partial charge >= 0.3 is 0 Å². The second-order valence-corrected chi connectivity index (χ2v) is 11.7. The maximum absolute atomic E-state index is 12.6. The molecule has 0 fully saturated rings. The molecule has 2 nitrogen and oxygen atoms in total. The lowest BCUT2D eigenvalue weighted by atomic mass is 10.1. The van der Waals surface area contributed by atoms with E-state index < -0.39 is 0 Å². The van der Waals surface area contributed by atoms with Crippen LogP contribution in [0, 0.1) is 5.92 Å². The number of thioether (sulfide) groups is 1. The molecule has 0 amide bonds.